The summed E-state index contributed by atoms with van der Waals surface area (Å²) in [5.41, 5.74) is 1.37. The molecule has 0 saturated heterocycles. The number of nitrogens with zero attached hydrogens (tertiary/aromatic N) is 2. The summed E-state index contributed by atoms with van der Waals surface area (Å²) in [5.74, 6) is -11.4. The molecule has 33 heavy (non-hydrogen) atoms. The van der Waals surface area contributed by atoms with E-state index in [1.807, 2.05) is 0 Å². The first kappa shape index (κ1) is 23.4. The molecule has 0 spiro atoms. The maximum atomic E-state index is 13.6. The van der Waals surface area contributed by atoms with E-state index in [0.29, 0.717) is 16.8 Å². The molecule has 0 radical (unpaired) electrons. The first-order valence-electron chi connectivity index (χ1n) is 10.3. The fourth-order valence-corrected chi connectivity index (χ4v) is 4.25. The van der Waals surface area contributed by atoms with Crippen LogP contribution in [0.15, 0.2) is 24.3 Å². The first-order valence-corrected chi connectivity index (χ1v) is 10.3. The lowest BCUT2D eigenvalue weighted by Gasteiger charge is -2.43. The van der Waals surface area contributed by atoms with Crippen molar-refractivity contribution >= 4 is 11.7 Å². The Kier molecular flexibility index (Phi) is 5.60. The Morgan fingerprint density at radius 2 is 1.94 bits per heavy atom. The topological polar surface area (TPSA) is 56.2 Å². The number of aryl methyl sites for hydroxylation is 1. The van der Waals surface area contributed by atoms with Gasteiger partial charge in [0.1, 0.15) is 5.75 Å². The van der Waals surface area contributed by atoms with Crippen LogP contribution in [-0.2, 0) is 11.8 Å². The van der Waals surface area contributed by atoms with Crippen LogP contribution in [0, 0.1) is 5.92 Å². The molecular formula is C21H20F7N3O2. The summed E-state index contributed by atoms with van der Waals surface area (Å²) >= 11 is 0. The van der Waals surface area contributed by atoms with E-state index >= 15 is 0 Å². The monoisotopic (exact) mass is 479 g/mol. The molecule has 0 unspecified atom stereocenters. The number of benzene rings is 1. The Balaban J connectivity index is 1.60. The van der Waals surface area contributed by atoms with Crippen LogP contribution in [0.2, 0.25) is 0 Å². The summed E-state index contributed by atoms with van der Waals surface area (Å²) in [6.45, 7) is 0. The number of anilines is 1. The van der Waals surface area contributed by atoms with Gasteiger partial charge in [0.2, 0.25) is 5.91 Å². The number of nitrogens with one attached hydrogen (secondary N) is 1. The quantitative estimate of drug-likeness (QED) is 0.527. The van der Waals surface area contributed by atoms with Crippen LogP contribution >= 0.6 is 0 Å². The molecule has 1 aromatic heterocycles. The van der Waals surface area contributed by atoms with Gasteiger partial charge in [-0.1, -0.05) is 18.6 Å². The minimum absolute atomic E-state index is 0.0503. The van der Waals surface area contributed by atoms with Gasteiger partial charge in [0.15, 0.2) is 5.82 Å². The van der Waals surface area contributed by atoms with E-state index in [2.05, 4.69) is 15.2 Å². The highest BCUT2D eigenvalue weighted by molar-refractivity contribution is 5.92. The van der Waals surface area contributed by atoms with Gasteiger partial charge >= 0.3 is 18.2 Å². The van der Waals surface area contributed by atoms with Gasteiger partial charge in [-0.2, -0.15) is 22.7 Å². The lowest BCUT2D eigenvalue weighted by molar-refractivity contribution is -0.313. The van der Waals surface area contributed by atoms with Gasteiger partial charge in [-0.3, -0.25) is 9.48 Å². The molecule has 2 aliphatic carbocycles. The fraction of sp³-hybridized carbons (Fsp3) is 0.524. The highest BCUT2D eigenvalue weighted by Crippen LogP contribution is 2.56. The summed E-state index contributed by atoms with van der Waals surface area (Å²) in [7, 11) is 1.53. The minimum atomic E-state index is -4.87. The zero-order chi connectivity index (χ0) is 24.2. The summed E-state index contributed by atoms with van der Waals surface area (Å²) < 4.78 is 96.5. The molecule has 1 heterocycles. The van der Waals surface area contributed by atoms with Crippen molar-refractivity contribution in [2.75, 3.05) is 5.32 Å². The van der Waals surface area contributed by atoms with Crippen LogP contribution in [0.5, 0.6) is 5.75 Å². The number of alkyl halides is 7. The third-order valence-corrected chi connectivity index (χ3v) is 6.13. The number of ether oxygens (including phenoxy) is 1. The zero-order valence-electron chi connectivity index (χ0n) is 17.4. The molecule has 0 bridgehead atoms. The molecule has 180 valence electrons. The summed E-state index contributed by atoms with van der Waals surface area (Å²) in [6, 6.07) is 5.28. The lowest BCUT2D eigenvalue weighted by Crippen LogP contribution is -2.59. The van der Waals surface area contributed by atoms with Crippen molar-refractivity contribution in [3.63, 3.8) is 0 Å². The van der Waals surface area contributed by atoms with Gasteiger partial charge in [-0.15, -0.1) is 13.2 Å². The van der Waals surface area contributed by atoms with Crippen LogP contribution in [0.1, 0.15) is 43.6 Å². The van der Waals surface area contributed by atoms with Crippen molar-refractivity contribution < 1.29 is 40.3 Å². The van der Waals surface area contributed by atoms with Crippen molar-refractivity contribution in [3.8, 4) is 17.0 Å². The third-order valence-electron chi connectivity index (χ3n) is 6.13. The van der Waals surface area contributed by atoms with Crippen molar-refractivity contribution in [1.82, 2.24) is 9.78 Å². The number of aromatic nitrogens is 2. The van der Waals surface area contributed by atoms with E-state index in [-0.39, 0.29) is 11.7 Å². The average Bonchev–Trinajstić information content (AvgIpc) is 2.94. The second-order valence-electron chi connectivity index (χ2n) is 8.42. The molecule has 0 aliphatic heterocycles. The maximum Gasteiger partial charge on any atom is 0.573 e. The highest BCUT2D eigenvalue weighted by atomic mass is 19.4. The molecule has 2 aliphatic rings. The molecule has 5 nitrogen and oxygen atoms in total. The van der Waals surface area contributed by atoms with Crippen molar-refractivity contribution in [3.05, 3.63) is 29.8 Å². The smallest absolute Gasteiger partial charge is 0.406 e. The molecular weight excluding hydrogens is 459 g/mol. The largest absolute Gasteiger partial charge is 0.573 e. The van der Waals surface area contributed by atoms with E-state index < -0.39 is 48.6 Å². The number of rotatable bonds is 6. The molecule has 1 aromatic carbocycles. The van der Waals surface area contributed by atoms with Crippen LogP contribution in [0.25, 0.3) is 11.3 Å². The second kappa shape index (κ2) is 7.91. The van der Waals surface area contributed by atoms with Gasteiger partial charge in [0, 0.05) is 36.9 Å². The molecule has 2 fully saturated rings. The van der Waals surface area contributed by atoms with E-state index in [1.54, 1.807) is 6.07 Å². The number of amides is 1. The standard InChI is InChI=1S/C21H20F7N3O2/c1-31-17(12-6-3-7-14(8-12)33-21(26,27)28)16(11-4-2-5-11)18(30-31)29-15(32)9-13-10-19(22,23)20(13,24)25/h3,6-8,11,13H,2,4-5,9-10H2,1H3,(H,29,30,32)/t13-/m0/s1. The highest BCUT2D eigenvalue weighted by Gasteiger charge is 2.71. The molecule has 1 N–H and O–H groups in total. The van der Waals surface area contributed by atoms with E-state index in [0.717, 1.165) is 25.3 Å². The van der Waals surface area contributed by atoms with Gasteiger partial charge in [0.05, 0.1) is 5.69 Å². The zero-order valence-corrected chi connectivity index (χ0v) is 17.4. The molecule has 1 atom stereocenters. The van der Waals surface area contributed by atoms with Crippen LogP contribution < -0.4 is 10.1 Å². The van der Waals surface area contributed by atoms with E-state index in [4.69, 9.17) is 0 Å². The number of hydrogen-bond donors (Lipinski definition) is 1. The van der Waals surface area contributed by atoms with Gasteiger partial charge in [-0.25, -0.2) is 0 Å². The van der Waals surface area contributed by atoms with Crippen LogP contribution in [0.3, 0.4) is 0 Å². The third kappa shape index (κ3) is 4.39. The van der Waals surface area contributed by atoms with E-state index in [1.165, 1.54) is 23.9 Å². The Bertz CT molecular complexity index is 1060. The Hall–Kier alpha value is -2.79. The molecule has 2 saturated carbocycles. The first-order chi connectivity index (χ1) is 15.3. The van der Waals surface area contributed by atoms with Gasteiger partial charge < -0.3 is 10.1 Å². The van der Waals surface area contributed by atoms with Crippen molar-refractivity contribution in [2.45, 2.75) is 56.2 Å². The maximum absolute atomic E-state index is 13.6. The SMILES string of the molecule is Cn1nc(NC(=O)C[C@H]2CC(F)(F)C2(F)F)c(C2CCC2)c1-c1cccc(OC(F)(F)F)c1. The molecule has 2 aromatic rings. The second-order valence-corrected chi connectivity index (χ2v) is 8.42. The summed E-state index contributed by atoms with van der Waals surface area (Å²) in [4.78, 5) is 12.4. The lowest BCUT2D eigenvalue weighted by atomic mass is 9.74. The van der Waals surface area contributed by atoms with Gasteiger partial charge in [0.25, 0.3) is 0 Å². The van der Waals surface area contributed by atoms with Crippen LogP contribution in [-0.4, -0.2) is 33.9 Å². The Morgan fingerprint density at radius 1 is 1.24 bits per heavy atom. The molecule has 1 amide bonds. The van der Waals surface area contributed by atoms with Crippen molar-refractivity contribution in [2.24, 2.45) is 13.0 Å². The Morgan fingerprint density at radius 3 is 2.48 bits per heavy atom. The number of carbonyl (C=O) groups excluding carboxylic acids is 1. The fourth-order valence-electron chi connectivity index (χ4n) is 4.25. The molecule has 4 rings (SSSR count). The van der Waals surface area contributed by atoms with Crippen LogP contribution in [0.4, 0.5) is 36.6 Å². The van der Waals surface area contributed by atoms with Gasteiger partial charge in [-0.05, 0) is 30.9 Å². The predicted octanol–water partition coefficient (Wildman–Crippen LogP) is 5.87. The molecule has 12 heteroatoms. The number of halogens is 7. The predicted molar refractivity (Wildman–Crippen MR) is 103 cm³/mol. The van der Waals surface area contributed by atoms with E-state index in [9.17, 15) is 35.5 Å². The minimum Gasteiger partial charge on any atom is -0.406 e. The summed E-state index contributed by atoms with van der Waals surface area (Å²) in [5, 5.41) is 6.68. The van der Waals surface area contributed by atoms with Crippen molar-refractivity contribution in [1.29, 1.82) is 0 Å². The Labute approximate surface area is 183 Å². The number of carbonyl (C=O) groups is 1. The summed E-state index contributed by atoms with van der Waals surface area (Å²) in [6.07, 6.45) is -4.37. The average molecular weight is 479 g/mol. The number of hydrogen-bond acceptors (Lipinski definition) is 3. The normalized spacial score (nSPS) is 21.8.